The number of amides is 1. The number of rotatable bonds is 8. The van der Waals surface area contributed by atoms with Gasteiger partial charge in [0, 0.05) is 5.02 Å². The number of nitrogens with zero attached hydrogens (tertiary/aromatic N) is 1. The summed E-state index contributed by atoms with van der Waals surface area (Å²) in [4.78, 5) is 13.1. The number of benzene rings is 4. The third-order valence-electron chi connectivity index (χ3n) is 5.41. The third kappa shape index (κ3) is 5.89. The molecule has 0 aliphatic rings. The summed E-state index contributed by atoms with van der Waals surface area (Å²) in [6.45, 7) is 0.262. The van der Waals surface area contributed by atoms with Crippen LogP contribution in [0, 0.1) is 0 Å². The molecule has 1 amide bonds. The van der Waals surface area contributed by atoms with Gasteiger partial charge >= 0.3 is 0 Å². The lowest BCUT2D eigenvalue weighted by Gasteiger charge is -2.27. The fraction of sp³-hybridized carbons (Fsp3) is 0.0714. The first-order chi connectivity index (χ1) is 17.4. The predicted molar refractivity (Wildman–Crippen MR) is 144 cm³/mol. The molecule has 0 radical (unpaired) electrons. The van der Waals surface area contributed by atoms with Crippen LogP contribution in [-0.4, -0.2) is 17.2 Å². The van der Waals surface area contributed by atoms with Crippen molar-refractivity contribution >= 4 is 46.9 Å². The summed E-state index contributed by atoms with van der Waals surface area (Å²) < 4.78 is 5.78. The van der Waals surface area contributed by atoms with E-state index in [2.05, 4.69) is 10.5 Å². The Hall–Kier alpha value is -3.35. The Morgan fingerprint density at radius 3 is 1.92 bits per heavy atom. The minimum absolute atomic E-state index is 0.262. The van der Waals surface area contributed by atoms with Crippen LogP contribution in [0.5, 0.6) is 5.75 Å². The molecule has 0 heterocycles. The molecule has 4 aromatic carbocycles. The SMILES string of the molecule is O=C(N/N=C/c1cc(Cl)c(OCc2ccc(Cl)cc2)c(Cl)c1)C(O)(c1ccccc1)c1ccccc1. The zero-order chi connectivity index (χ0) is 25.5. The van der Waals surface area contributed by atoms with Gasteiger partial charge in [-0.3, -0.25) is 4.79 Å². The number of hydrogen-bond acceptors (Lipinski definition) is 4. The van der Waals surface area contributed by atoms with Crippen molar-refractivity contribution in [2.24, 2.45) is 5.10 Å². The highest BCUT2D eigenvalue weighted by molar-refractivity contribution is 6.37. The fourth-order valence-corrected chi connectivity index (χ4v) is 4.30. The summed E-state index contributed by atoms with van der Waals surface area (Å²) in [5.74, 6) is -0.381. The van der Waals surface area contributed by atoms with Gasteiger partial charge in [0.2, 0.25) is 0 Å². The van der Waals surface area contributed by atoms with Crippen molar-refractivity contribution in [1.82, 2.24) is 5.43 Å². The van der Waals surface area contributed by atoms with Crippen molar-refractivity contribution in [3.8, 4) is 5.75 Å². The maximum absolute atomic E-state index is 13.1. The van der Waals surface area contributed by atoms with Crippen molar-refractivity contribution < 1.29 is 14.6 Å². The number of ether oxygens (including phenoxy) is 1. The Labute approximate surface area is 223 Å². The number of hydrogen-bond donors (Lipinski definition) is 2. The second-order valence-electron chi connectivity index (χ2n) is 7.87. The summed E-state index contributed by atoms with van der Waals surface area (Å²) in [5.41, 5.74) is 2.76. The fourth-order valence-electron chi connectivity index (χ4n) is 3.56. The highest BCUT2D eigenvalue weighted by Crippen LogP contribution is 2.34. The quantitative estimate of drug-likeness (QED) is 0.195. The van der Waals surface area contributed by atoms with Gasteiger partial charge in [0.15, 0.2) is 11.4 Å². The van der Waals surface area contributed by atoms with E-state index in [4.69, 9.17) is 39.5 Å². The molecular formula is C28H21Cl3N2O3. The number of nitrogens with one attached hydrogen (secondary N) is 1. The average Bonchev–Trinajstić information content (AvgIpc) is 2.89. The van der Waals surface area contributed by atoms with Gasteiger partial charge in [-0.2, -0.15) is 5.10 Å². The van der Waals surface area contributed by atoms with E-state index in [0.29, 0.717) is 27.5 Å². The molecule has 2 N–H and O–H groups in total. The molecule has 5 nitrogen and oxygen atoms in total. The number of hydrazone groups is 1. The highest BCUT2D eigenvalue weighted by Gasteiger charge is 2.39. The van der Waals surface area contributed by atoms with E-state index < -0.39 is 11.5 Å². The monoisotopic (exact) mass is 538 g/mol. The first kappa shape index (κ1) is 25.7. The van der Waals surface area contributed by atoms with Crippen molar-refractivity contribution in [2.75, 3.05) is 0 Å². The Kier molecular flexibility index (Phi) is 8.28. The Balaban J connectivity index is 1.49. The van der Waals surface area contributed by atoms with Gasteiger partial charge in [-0.05, 0) is 46.5 Å². The smallest absolute Gasteiger partial charge is 0.281 e. The molecule has 0 unspecified atom stereocenters. The van der Waals surface area contributed by atoms with Gasteiger partial charge in [0.25, 0.3) is 5.91 Å². The van der Waals surface area contributed by atoms with Crippen LogP contribution in [0.15, 0.2) is 102 Å². The molecule has 0 saturated heterocycles. The van der Waals surface area contributed by atoms with E-state index in [0.717, 1.165) is 5.56 Å². The first-order valence-corrected chi connectivity index (χ1v) is 12.0. The molecule has 0 aliphatic carbocycles. The Morgan fingerprint density at radius 1 is 0.861 bits per heavy atom. The van der Waals surface area contributed by atoms with Crippen LogP contribution in [0.3, 0.4) is 0 Å². The van der Waals surface area contributed by atoms with Crippen molar-refractivity contribution in [1.29, 1.82) is 0 Å². The second kappa shape index (κ2) is 11.6. The van der Waals surface area contributed by atoms with E-state index in [1.165, 1.54) is 6.21 Å². The van der Waals surface area contributed by atoms with E-state index >= 15 is 0 Å². The summed E-state index contributed by atoms with van der Waals surface area (Å²) in [6.07, 6.45) is 1.38. The number of halogens is 3. The van der Waals surface area contributed by atoms with Gasteiger partial charge in [0.05, 0.1) is 16.3 Å². The van der Waals surface area contributed by atoms with Crippen LogP contribution in [0.1, 0.15) is 22.3 Å². The molecule has 182 valence electrons. The third-order valence-corrected chi connectivity index (χ3v) is 6.22. The van der Waals surface area contributed by atoms with Crippen LogP contribution in [0.4, 0.5) is 0 Å². The van der Waals surface area contributed by atoms with Gasteiger partial charge in [-0.25, -0.2) is 5.43 Å². The molecule has 0 aromatic heterocycles. The van der Waals surface area contributed by atoms with Gasteiger partial charge in [0.1, 0.15) is 6.61 Å². The molecule has 8 heteroatoms. The zero-order valence-electron chi connectivity index (χ0n) is 18.9. The van der Waals surface area contributed by atoms with Crippen molar-refractivity contribution in [3.05, 3.63) is 134 Å². The lowest BCUT2D eigenvalue weighted by Crippen LogP contribution is -2.43. The first-order valence-electron chi connectivity index (χ1n) is 10.9. The highest BCUT2D eigenvalue weighted by atomic mass is 35.5. The number of carbonyl (C=O) groups excluding carboxylic acids is 1. The maximum atomic E-state index is 13.1. The van der Waals surface area contributed by atoms with E-state index in [-0.39, 0.29) is 16.7 Å². The molecule has 0 saturated carbocycles. The topological polar surface area (TPSA) is 70.9 Å². The van der Waals surface area contributed by atoms with Crippen LogP contribution >= 0.6 is 34.8 Å². The second-order valence-corrected chi connectivity index (χ2v) is 9.12. The molecule has 36 heavy (non-hydrogen) atoms. The Bertz CT molecular complexity index is 1300. The van der Waals surface area contributed by atoms with Crippen LogP contribution in [0.25, 0.3) is 0 Å². The molecule has 4 aromatic rings. The van der Waals surface area contributed by atoms with Crippen LogP contribution in [-0.2, 0) is 17.0 Å². The lowest BCUT2D eigenvalue weighted by atomic mass is 9.85. The molecular weight excluding hydrogens is 519 g/mol. The summed E-state index contributed by atoms with van der Waals surface area (Å²) >= 11 is 18.7. The summed E-state index contributed by atoms with van der Waals surface area (Å²) in [5, 5.41) is 16.7. The molecule has 4 rings (SSSR count). The largest absolute Gasteiger partial charge is 0.486 e. The van der Waals surface area contributed by atoms with E-state index in [1.54, 1.807) is 84.9 Å². The predicted octanol–water partition coefficient (Wildman–Crippen LogP) is 6.61. The Morgan fingerprint density at radius 2 is 1.39 bits per heavy atom. The van der Waals surface area contributed by atoms with Gasteiger partial charge in [-0.1, -0.05) is 108 Å². The maximum Gasteiger partial charge on any atom is 0.281 e. The number of carbonyl (C=O) groups is 1. The molecule has 0 spiro atoms. The van der Waals surface area contributed by atoms with Crippen molar-refractivity contribution in [3.63, 3.8) is 0 Å². The van der Waals surface area contributed by atoms with Crippen LogP contribution < -0.4 is 10.2 Å². The summed E-state index contributed by atoms with van der Waals surface area (Å²) in [6, 6.07) is 27.8. The molecule has 0 bridgehead atoms. The van der Waals surface area contributed by atoms with Crippen molar-refractivity contribution in [2.45, 2.75) is 12.2 Å². The lowest BCUT2D eigenvalue weighted by molar-refractivity contribution is -0.136. The van der Waals surface area contributed by atoms with Gasteiger partial charge in [-0.15, -0.1) is 0 Å². The molecule has 0 atom stereocenters. The molecule has 0 fully saturated rings. The molecule has 0 aliphatic heterocycles. The van der Waals surface area contributed by atoms with Gasteiger partial charge < -0.3 is 9.84 Å². The minimum Gasteiger partial charge on any atom is -0.486 e. The number of aliphatic hydroxyl groups is 1. The minimum atomic E-state index is -1.94. The van der Waals surface area contributed by atoms with E-state index in [9.17, 15) is 9.90 Å². The van der Waals surface area contributed by atoms with Crippen LogP contribution in [0.2, 0.25) is 15.1 Å². The van der Waals surface area contributed by atoms with E-state index in [1.807, 2.05) is 12.1 Å². The standard InChI is InChI=1S/C28H21Cl3N2O3/c29-23-13-11-19(12-14-23)18-36-26-24(30)15-20(16-25(26)31)17-32-33-27(34)28(35,21-7-3-1-4-8-21)22-9-5-2-6-10-22/h1-17,35H,18H2,(H,33,34)/b32-17+. The zero-order valence-corrected chi connectivity index (χ0v) is 21.1. The normalized spacial score (nSPS) is 11.4. The average molecular weight is 540 g/mol. The summed E-state index contributed by atoms with van der Waals surface area (Å²) in [7, 11) is 0.